The van der Waals surface area contributed by atoms with Gasteiger partial charge in [-0.3, -0.25) is 4.79 Å². The fourth-order valence-corrected chi connectivity index (χ4v) is 4.71. The first-order valence-electron chi connectivity index (χ1n) is 8.70. The molecule has 1 fully saturated rings. The molecule has 2 rings (SSSR count). The van der Waals surface area contributed by atoms with E-state index in [2.05, 4.69) is 0 Å². The van der Waals surface area contributed by atoms with Gasteiger partial charge in [0, 0.05) is 39.9 Å². The van der Waals surface area contributed by atoms with Crippen LogP contribution in [0.4, 0.5) is 0 Å². The molecule has 150 valence electrons. The van der Waals surface area contributed by atoms with Crippen LogP contribution in [-0.4, -0.2) is 61.3 Å². The topological polar surface area (TPSA) is 88.6 Å². The first-order valence-corrected chi connectivity index (χ1v) is 10.1. The van der Waals surface area contributed by atoms with E-state index in [0.29, 0.717) is 31.9 Å². The lowest BCUT2D eigenvalue weighted by Crippen LogP contribution is -2.40. The highest BCUT2D eigenvalue weighted by Crippen LogP contribution is 2.23. The largest absolute Gasteiger partial charge is 0.345 e. The summed E-state index contributed by atoms with van der Waals surface area (Å²) < 4.78 is 28.7. The molecule has 0 radical (unpaired) electrons. The Morgan fingerprint density at radius 1 is 1.27 bits per heavy atom. The molecule has 0 aliphatic carbocycles. The van der Waals surface area contributed by atoms with Gasteiger partial charge in [0.2, 0.25) is 10.0 Å². The van der Waals surface area contributed by atoms with Crippen LogP contribution in [0.2, 0.25) is 0 Å². The molecule has 7 nitrogen and oxygen atoms in total. The lowest BCUT2D eigenvalue weighted by molar-refractivity contribution is 0.0731. The van der Waals surface area contributed by atoms with Crippen molar-refractivity contribution in [2.75, 3.05) is 33.2 Å². The first kappa shape index (κ1) is 23.0. The maximum absolute atomic E-state index is 12.8. The number of carbonyl (C=O) groups is 1. The number of piperidine rings is 1. The van der Waals surface area contributed by atoms with Crippen molar-refractivity contribution in [2.45, 2.75) is 38.0 Å². The number of nitrogens with two attached hydrogens (primary N) is 1. The number of hydrogen-bond acceptors (Lipinski definition) is 4. The van der Waals surface area contributed by atoms with Crippen LogP contribution < -0.4 is 5.73 Å². The summed E-state index contributed by atoms with van der Waals surface area (Å²) in [5.74, 6) is -0.205. The van der Waals surface area contributed by atoms with Crippen molar-refractivity contribution in [1.29, 1.82) is 0 Å². The Labute approximate surface area is 163 Å². The van der Waals surface area contributed by atoms with E-state index in [-0.39, 0.29) is 28.6 Å². The van der Waals surface area contributed by atoms with Crippen molar-refractivity contribution < 1.29 is 13.2 Å². The summed E-state index contributed by atoms with van der Waals surface area (Å²) in [6.45, 7) is 6.05. The highest BCUT2D eigenvalue weighted by molar-refractivity contribution is 7.89. The molecular weight excluding hydrogens is 376 g/mol. The number of sulfonamides is 1. The number of amides is 1. The van der Waals surface area contributed by atoms with Gasteiger partial charge in [0.15, 0.2) is 0 Å². The third-order valence-electron chi connectivity index (χ3n) is 4.72. The van der Waals surface area contributed by atoms with E-state index >= 15 is 0 Å². The lowest BCUT2D eigenvalue weighted by Gasteiger charge is -2.29. The number of aromatic nitrogens is 1. The average molecular weight is 407 g/mol. The minimum Gasteiger partial charge on any atom is -0.345 e. The second-order valence-electron chi connectivity index (χ2n) is 7.67. The number of halogens is 1. The quantitative estimate of drug-likeness (QED) is 0.778. The smallest absolute Gasteiger partial charge is 0.270 e. The van der Waals surface area contributed by atoms with Gasteiger partial charge in [0.05, 0.1) is 0 Å². The van der Waals surface area contributed by atoms with Crippen LogP contribution in [0.3, 0.4) is 0 Å². The van der Waals surface area contributed by atoms with Gasteiger partial charge >= 0.3 is 0 Å². The molecule has 2 heterocycles. The second-order valence-corrected chi connectivity index (χ2v) is 9.60. The Balaban J connectivity index is 0.00000338. The predicted octanol–water partition coefficient (Wildman–Crippen LogP) is 1.68. The van der Waals surface area contributed by atoms with Crippen molar-refractivity contribution in [1.82, 2.24) is 13.8 Å². The monoisotopic (exact) mass is 406 g/mol. The van der Waals surface area contributed by atoms with Crippen LogP contribution in [0.5, 0.6) is 0 Å². The van der Waals surface area contributed by atoms with E-state index in [0.717, 1.165) is 19.3 Å². The minimum absolute atomic E-state index is 0. The summed E-state index contributed by atoms with van der Waals surface area (Å²) in [7, 11) is -0.128. The molecule has 0 unspecified atom stereocenters. The Hall–Kier alpha value is -1.09. The van der Waals surface area contributed by atoms with E-state index in [9.17, 15) is 13.2 Å². The van der Waals surface area contributed by atoms with Gasteiger partial charge in [0.1, 0.15) is 10.6 Å². The van der Waals surface area contributed by atoms with E-state index in [4.69, 9.17) is 5.73 Å². The van der Waals surface area contributed by atoms with Crippen LogP contribution in [0.25, 0.3) is 0 Å². The van der Waals surface area contributed by atoms with E-state index in [1.165, 1.54) is 16.6 Å². The second kappa shape index (κ2) is 8.73. The Morgan fingerprint density at radius 2 is 1.85 bits per heavy atom. The Morgan fingerprint density at radius 3 is 2.38 bits per heavy atom. The van der Waals surface area contributed by atoms with Gasteiger partial charge in [-0.1, -0.05) is 20.3 Å². The van der Waals surface area contributed by atoms with Crippen molar-refractivity contribution in [3.63, 3.8) is 0 Å². The molecule has 9 heteroatoms. The summed E-state index contributed by atoms with van der Waals surface area (Å²) in [6.07, 6.45) is 4.36. The molecule has 1 aromatic rings. The highest BCUT2D eigenvalue weighted by atomic mass is 35.5. The summed E-state index contributed by atoms with van der Waals surface area (Å²) in [4.78, 5) is 14.5. The number of nitrogens with zero attached hydrogens (tertiary/aromatic N) is 3. The normalized spacial score (nSPS) is 16.2. The zero-order valence-electron chi connectivity index (χ0n) is 16.1. The number of aryl methyl sites for hydroxylation is 1. The SMILES string of the molecule is CN(CC(C)(C)CN)C(=O)c1cc(S(=O)(=O)N2CCCCC2)cn1C.Cl. The van der Waals surface area contributed by atoms with Gasteiger partial charge in [-0.05, 0) is 30.9 Å². The first-order chi connectivity index (χ1) is 11.6. The molecule has 0 spiro atoms. The molecule has 26 heavy (non-hydrogen) atoms. The zero-order chi connectivity index (χ0) is 18.8. The van der Waals surface area contributed by atoms with Crippen molar-refractivity contribution in [3.05, 3.63) is 18.0 Å². The van der Waals surface area contributed by atoms with Crippen LogP contribution >= 0.6 is 12.4 Å². The average Bonchev–Trinajstić information content (AvgIpc) is 2.97. The molecule has 2 N–H and O–H groups in total. The van der Waals surface area contributed by atoms with Crippen molar-refractivity contribution in [3.8, 4) is 0 Å². The number of hydrogen-bond donors (Lipinski definition) is 1. The molecule has 0 saturated carbocycles. The van der Waals surface area contributed by atoms with Crippen LogP contribution in [0.15, 0.2) is 17.2 Å². The van der Waals surface area contributed by atoms with Crippen molar-refractivity contribution >= 4 is 28.3 Å². The standard InChI is InChI=1S/C17H30N4O3S.ClH/c1-17(2,12-18)13-20(4)16(22)15-10-14(11-19(15)3)25(23,24)21-8-6-5-7-9-21;/h10-11H,5-9,12-13,18H2,1-4H3;1H. The highest BCUT2D eigenvalue weighted by Gasteiger charge is 2.30. The third kappa shape index (κ3) is 5.00. The predicted molar refractivity (Wildman–Crippen MR) is 105 cm³/mol. The van der Waals surface area contributed by atoms with Gasteiger partial charge in [-0.15, -0.1) is 12.4 Å². The molecule has 1 saturated heterocycles. The Bertz CT molecular complexity index is 724. The van der Waals surface area contributed by atoms with Crippen LogP contribution in [-0.2, 0) is 17.1 Å². The summed E-state index contributed by atoms with van der Waals surface area (Å²) in [5.41, 5.74) is 5.91. The maximum atomic E-state index is 12.8. The fourth-order valence-electron chi connectivity index (χ4n) is 3.12. The zero-order valence-corrected chi connectivity index (χ0v) is 17.7. The van der Waals surface area contributed by atoms with Crippen LogP contribution in [0, 0.1) is 5.41 Å². The molecule has 0 atom stereocenters. The molecule has 0 bridgehead atoms. The fraction of sp³-hybridized carbons (Fsp3) is 0.706. The molecule has 1 amide bonds. The van der Waals surface area contributed by atoms with E-state index in [1.807, 2.05) is 13.8 Å². The lowest BCUT2D eigenvalue weighted by atomic mass is 9.93. The van der Waals surface area contributed by atoms with Crippen molar-refractivity contribution in [2.24, 2.45) is 18.2 Å². The molecule has 1 aliphatic rings. The number of carbonyl (C=O) groups excluding carboxylic acids is 1. The molecule has 1 aliphatic heterocycles. The summed E-state index contributed by atoms with van der Waals surface area (Å²) in [5, 5.41) is 0. The minimum atomic E-state index is -3.54. The van der Waals surface area contributed by atoms with E-state index in [1.54, 1.807) is 23.6 Å². The van der Waals surface area contributed by atoms with E-state index < -0.39 is 10.0 Å². The maximum Gasteiger partial charge on any atom is 0.270 e. The van der Waals surface area contributed by atoms with Gasteiger partial charge in [0.25, 0.3) is 5.91 Å². The molecule has 0 aromatic carbocycles. The molecular formula is C17H31ClN4O3S. The van der Waals surface area contributed by atoms with Gasteiger partial charge < -0.3 is 15.2 Å². The summed E-state index contributed by atoms with van der Waals surface area (Å²) in [6, 6.07) is 1.48. The molecule has 1 aromatic heterocycles. The number of rotatable bonds is 6. The van der Waals surface area contributed by atoms with Gasteiger partial charge in [-0.25, -0.2) is 8.42 Å². The third-order valence-corrected chi connectivity index (χ3v) is 6.58. The van der Waals surface area contributed by atoms with Crippen LogP contribution in [0.1, 0.15) is 43.6 Å². The van der Waals surface area contributed by atoms with Gasteiger partial charge in [-0.2, -0.15) is 4.31 Å². The summed E-state index contributed by atoms with van der Waals surface area (Å²) >= 11 is 0. The Kier molecular flexibility index (Phi) is 7.71.